The topological polar surface area (TPSA) is 44.5 Å². The number of rotatable bonds is 6. The number of hydrogen-bond acceptors (Lipinski definition) is 4. The molecule has 156 valence electrons. The first kappa shape index (κ1) is 21.0. The van der Waals surface area contributed by atoms with E-state index in [1.807, 2.05) is 30.5 Å². The normalized spacial score (nSPS) is 18.8. The first-order valence-corrected chi connectivity index (χ1v) is 11.1. The molecule has 1 N–H and O–H groups in total. The third-order valence-corrected chi connectivity index (χ3v) is 6.30. The largest absolute Gasteiger partial charge is 0.459 e. The second kappa shape index (κ2) is 8.88. The van der Waals surface area contributed by atoms with E-state index in [4.69, 9.17) is 16.6 Å². The van der Waals surface area contributed by atoms with Crippen LogP contribution >= 0.6 is 28.1 Å². The lowest BCUT2D eigenvalue weighted by Crippen LogP contribution is -2.35. The molecule has 3 aromatic rings. The minimum atomic E-state index is -0.0682. The molecular formula is C23H25BrN4OS. The van der Waals surface area contributed by atoms with Crippen LogP contribution in [0.3, 0.4) is 0 Å². The molecule has 3 heterocycles. The van der Waals surface area contributed by atoms with Gasteiger partial charge < -0.3 is 19.5 Å². The Balaban J connectivity index is 1.71. The molecule has 30 heavy (non-hydrogen) atoms. The number of nitrogens with zero attached hydrogens (tertiary/aromatic N) is 3. The van der Waals surface area contributed by atoms with Crippen molar-refractivity contribution in [3.63, 3.8) is 0 Å². The predicted molar refractivity (Wildman–Crippen MR) is 127 cm³/mol. The number of nitrogens with one attached hydrogen (secondary N) is 1. The molecule has 2 aromatic heterocycles. The lowest BCUT2D eigenvalue weighted by Gasteiger charge is -2.27. The molecule has 1 fully saturated rings. The van der Waals surface area contributed by atoms with Crippen LogP contribution in [0.5, 0.6) is 0 Å². The van der Waals surface area contributed by atoms with Gasteiger partial charge >= 0.3 is 0 Å². The third-order valence-electron chi connectivity index (χ3n) is 5.29. The summed E-state index contributed by atoms with van der Waals surface area (Å²) in [5, 5.41) is 4.20. The van der Waals surface area contributed by atoms with Crippen LogP contribution < -0.4 is 5.32 Å². The number of likely N-dealkylation sites (N-methyl/N-ethyl adjacent to an activating group) is 1. The zero-order chi connectivity index (χ0) is 21.3. The van der Waals surface area contributed by atoms with Gasteiger partial charge in [-0.3, -0.25) is 4.98 Å². The molecule has 1 aromatic carbocycles. The van der Waals surface area contributed by atoms with Gasteiger partial charge in [0.15, 0.2) is 5.11 Å². The maximum atomic E-state index is 6.40. The maximum absolute atomic E-state index is 6.40. The fourth-order valence-corrected chi connectivity index (χ4v) is 4.76. The van der Waals surface area contributed by atoms with Crippen LogP contribution in [0.2, 0.25) is 0 Å². The van der Waals surface area contributed by atoms with Crippen molar-refractivity contribution < 1.29 is 4.42 Å². The highest BCUT2D eigenvalue weighted by molar-refractivity contribution is 9.10. The van der Waals surface area contributed by atoms with Crippen molar-refractivity contribution in [3.8, 4) is 11.3 Å². The molecule has 0 radical (unpaired) electrons. The van der Waals surface area contributed by atoms with E-state index < -0.39 is 0 Å². The summed E-state index contributed by atoms with van der Waals surface area (Å²) in [6.45, 7) is 3.77. The van der Waals surface area contributed by atoms with E-state index in [1.165, 1.54) is 5.56 Å². The number of hydrogen-bond donors (Lipinski definition) is 1. The van der Waals surface area contributed by atoms with Crippen LogP contribution in [0.4, 0.5) is 0 Å². The average molecular weight is 485 g/mol. The first-order valence-electron chi connectivity index (χ1n) is 9.93. The number of thiocarbonyl (C=S) groups is 1. The number of aryl methyl sites for hydroxylation is 1. The number of furan rings is 1. The lowest BCUT2D eigenvalue weighted by molar-refractivity contribution is 0.250. The predicted octanol–water partition coefficient (Wildman–Crippen LogP) is 4.95. The minimum Gasteiger partial charge on any atom is -0.459 e. The van der Waals surface area contributed by atoms with E-state index in [2.05, 4.69) is 81.3 Å². The van der Waals surface area contributed by atoms with E-state index in [1.54, 1.807) is 0 Å². The number of halogens is 1. The quantitative estimate of drug-likeness (QED) is 0.499. The van der Waals surface area contributed by atoms with Crippen LogP contribution in [0.25, 0.3) is 11.3 Å². The first-order chi connectivity index (χ1) is 14.4. The number of pyridine rings is 1. The highest BCUT2D eigenvalue weighted by atomic mass is 79.9. The number of benzene rings is 1. The van der Waals surface area contributed by atoms with Crippen molar-refractivity contribution >= 4 is 33.3 Å². The monoisotopic (exact) mass is 484 g/mol. The Labute approximate surface area is 191 Å². The van der Waals surface area contributed by atoms with Gasteiger partial charge in [0, 0.05) is 29.3 Å². The van der Waals surface area contributed by atoms with Gasteiger partial charge in [-0.05, 0) is 75.2 Å². The molecule has 0 spiro atoms. The molecule has 0 aliphatic carbocycles. The van der Waals surface area contributed by atoms with Gasteiger partial charge in [-0.15, -0.1) is 0 Å². The third kappa shape index (κ3) is 4.29. The zero-order valence-electron chi connectivity index (χ0n) is 17.3. The van der Waals surface area contributed by atoms with Crippen LogP contribution in [0.1, 0.15) is 29.1 Å². The van der Waals surface area contributed by atoms with Crippen LogP contribution in [-0.4, -0.2) is 47.1 Å². The Morgan fingerprint density at radius 3 is 2.73 bits per heavy atom. The molecule has 1 aliphatic rings. The van der Waals surface area contributed by atoms with E-state index in [-0.39, 0.29) is 12.1 Å². The molecule has 1 saturated heterocycles. The summed E-state index contributed by atoms with van der Waals surface area (Å²) in [6, 6.07) is 16.2. The van der Waals surface area contributed by atoms with E-state index >= 15 is 0 Å². The Kier molecular flexibility index (Phi) is 6.22. The molecule has 5 nitrogen and oxygen atoms in total. The van der Waals surface area contributed by atoms with Crippen molar-refractivity contribution in [2.45, 2.75) is 19.0 Å². The summed E-state index contributed by atoms with van der Waals surface area (Å²) < 4.78 is 7.42. The summed E-state index contributed by atoms with van der Waals surface area (Å²) in [4.78, 5) is 8.95. The van der Waals surface area contributed by atoms with Gasteiger partial charge in [0.25, 0.3) is 0 Å². The van der Waals surface area contributed by atoms with Gasteiger partial charge in [0.2, 0.25) is 0 Å². The van der Waals surface area contributed by atoms with Crippen molar-refractivity contribution in [3.05, 3.63) is 76.2 Å². The van der Waals surface area contributed by atoms with E-state index in [0.717, 1.165) is 45.5 Å². The van der Waals surface area contributed by atoms with Crippen molar-refractivity contribution in [2.75, 3.05) is 27.2 Å². The Morgan fingerprint density at radius 2 is 2.03 bits per heavy atom. The van der Waals surface area contributed by atoms with Crippen LogP contribution in [-0.2, 0) is 0 Å². The summed E-state index contributed by atoms with van der Waals surface area (Å²) >= 11 is 9.37. The molecule has 0 unspecified atom stereocenters. The second-order valence-electron chi connectivity index (χ2n) is 7.81. The summed E-state index contributed by atoms with van der Waals surface area (Å²) in [6.07, 6.45) is 1.82. The van der Waals surface area contributed by atoms with Crippen LogP contribution in [0.15, 0.2) is 63.6 Å². The average Bonchev–Trinajstić information content (AvgIpc) is 3.31. The molecule has 4 rings (SSSR count). The Bertz CT molecular complexity index is 1040. The van der Waals surface area contributed by atoms with Crippen molar-refractivity contribution in [1.82, 2.24) is 20.1 Å². The SMILES string of the molecule is Cc1ccc(-c2ccc([C@H]3[C@@H](c4ccccn4)NC(=S)N3CCN(C)C)o2)c(Br)c1. The second-order valence-corrected chi connectivity index (χ2v) is 9.05. The van der Waals surface area contributed by atoms with E-state index in [0.29, 0.717) is 0 Å². The fourth-order valence-electron chi connectivity index (χ4n) is 3.74. The fraction of sp³-hybridized carbons (Fsp3) is 0.304. The lowest BCUT2D eigenvalue weighted by atomic mass is 10.0. The van der Waals surface area contributed by atoms with Gasteiger partial charge in [0.1, 0.15) is 17.6 Å². The molecule has 2 atom stereocenters. The summed E-state index contributed by atoms with van der Waals surface area (Å²) in [5.74, 6) is 1.71. The van der Waals surface area contributed by atoms with E-state index in [9.17, 15) is 0 Å². The van der Waals surface area contributed by atoms with Gasteiger partial charge in [-0.2, -0.15) is 0 Å². The Morgan fingerprint density at radius 1 is 1.20 bits per heavy atom. The maximum Gasteiger partial charge on any atom is 0.170 e. The molecule has 0 saturated carbocycles. The zero-order valence-corrected chi connectivity index (χ0v) is 19.7. The van der Waals surface area contributed by atoms with Gasteiger partial charge in [-0.1, -0.05) is 28.1 Å². The van der Waals surface area contributed by atoms with Crippen LogP contribution in [0, 0.1) is 6.92 Å². The Hall–Kier alpha value is -2.22. The molecule has 1 aliphatic heterocycles. The minimum absolute atomic E-state index is 0.0645. The molecule has 7 heteroatoms. The molecule has 0 amide bonds. The highest BCUT2D eigenvalue weighted by Gasteiger charge is 2.41. The summed E-state index contributed by atoms with van der Waals surface area (Å²) in [7, 11) is 4.13. The summed E-state index contributed by atoms with van der Waals surface area (Å²) in [5.41, 5.74) is 3.19. The number of aromatic nitrogens is 1. The smallest absolute Gasteiger partial charge is 0.170 e. The standard InChI is InChI=1S/C23H25BrN4OS/c1-15-7-8-16(17(24)14-15)19-9-10-20(29-19)22-21(18-6-4-5-11-25-18)26-23(30)28(22)13-12-27(2)3/h4-11,14,21-22H,12-13H2,1-3H3,(H,26,30)/t21-,22+/m1/s1. The van der Waals surface area contributed by atoms with Crippen molar-refractivity contribution in [2.24, 2.45) is 0 Å². The van der Waals surface area contributed by atoms with Gasteiger partial charge in [0.05, 0.1) is 11.7 Å². The molecule has 0 bridgehead atoms. The van der Waals surface area contributed by atoms with Gasteiger partial charge in [-0.25, -0.2) is 0 Å². The van der Waals surface area contributed by atoms with Crippen molar-refractivity contribution in [1.29, 1.82) is 0 Å². The molecular weight excluding hydrogens is 460 g/mol. The highest BCUT2D eigenvalue weighted by Crippen LogP contribution is 2.41.